The third-order valence-corrected chi connectivity index (χ3v) is 6.58. The molecule has 0 fully saturated rings. The smallest absolute Gasteiger partial charge is 0.341 e. The van der Waals surface area contributed by atoms with E-state index in [9.17, 15) is 9.59 Å². The molecule has 3 aromatic rings. The number of anilines is 1. The molecule has 0 amide bonds. The van der Waals surface area contributed by atoms with E-state index in [0.717, 1.165) is 16.8 Å². The predicted molar refractivity (Wildman–Crippen MR) is 131 cm³/mol. The molecule has 37 heavy (non-hydrogen) atoms. The molecule has 0 radical (unpaired) electrons. The summed E-state index contributed by atoms with van der Waals surface area (Å²) in [4.78, 5) is 28.8. The number of carbonyl (C=O) groups excluding carboxylic acids is 1. The van der Waals surface area contributed by atoms with Crippen LogP contribution in [0.15, 0.2) is 54.0 Å². The van der Waals surface area contributed by atoms with Crippen LogP contribution in [0.4, 0.5) is 5.95 Å². The van der Waals surface area contributed by atoms with Crippen LogP contribution in [0.1, 0.15) is 35.9 Å². The van der Waals surface area contributed by atoms with Crippen molar-refractivity contribution in [1.82, 2.24) is 14.8 Å². The number of fused-ring (bicyclic) bond motifs is 1. The number of carbonyl (C=O) groups is 2. The summed E-state index contributed by atoms with van der Waals surface area (Å²) in [5.41, 5.74) is 3.12. The van der Waals surface area contributed by atoms with Gasteiger partial charge in [0.25, 0.3) is 0 Å². The Labute approximate surface area is 212 Å². The minimum Gasteiger partial charge on any atom is -0.493 e. The Kier molecular flexibility index (Phi) is 6.43. The van der Waals surface area contributed by atoms with Crippen molar-refractivity contribution in [1.29, 1.82) is 0 Å². The highest BCUT2D eigenvalue weighted by atomic mass is 16.5. The van der Waals surface area contributed by atoms with Gasteiger partial charge >= 0.3 is 5.97 Å². The average Bonchev–Trinajstić information content (AvgIpc) is 3.38. The van der Waals surface area contributed by atoms with Crippen molar-refractivity contribution < 1.29 is 33.6 Å². The van der Waals surface area contributed by atoms with Crippen LogP contribution in [-0.2, 0) is 9.59 Å². The number of allylic oxidation sites excluding steroid dienone is 2. The topological polar surface area (TPSA) is 134 Å². The standard InChI is InChI=1S/C26H26N4O7/c1-34-20-10-16(11-21(35-2)25(20)36-3)15-8-18-23(19(31)9-15)24(30-26(29-18)27-13-28-30)14-4-6-17(7-5-14)37-12-22(32)33/h4-7,10-11,13,15,24H,8-9,12H2,1-3H3,(H,32,33)(H,27,28,29)/t15-,24-/m1/s1. The number of aliphatic carboxylic acids is 1. The third-order valence-electron chi connectivity index (χ3n) is 6.58. The summed E-state index contributed by atoms with van der Waals surface area (Å²) >= 11 is 0. The zero-order chi connectivity index (χ0) is 26.1. The summed E-state index contributed by atoms with van der Waals surface area (Å²) in [5, 5.41) is 16.5. The van der Waals surface area contributed by atoms with Gasteiger partial charge in [0, 0.05) is 17.7 Å². The lowest BCUT2D eigenvalue weighted by molar-refractivity contribution is -0.139. The van der Waals surface area contributed by atoms with E-state index in [1.54, 1.807) is 38.1 Å². The lowest BCUT2D eigenvalue weighted by atomic mass is 9.77. The zero-order valence-electron chi connectivity index (χ0n) is 20.6. The minimum absolute atomic E-state index is 0.00939. The van der Waals surface area contributed by atoms with Crippen LogP contribution in [0.3, 0.4) is 0 Å². The summed E-state index contributed by atoms with van der Waals surface area (Å²) in [7, 11) is 4.67. The molecule has 0 bridgehead atoms. The predicted octanol–water partition coefficient (Wildman–Crippen LogP) is 3.18. The number of Topliss-reactive ketones (excluding diaryl/α,β-unsaturated/α-hetero) is 1. The lowest BCUT2D eigenvalue weighted by Gasteiger charge is -2.35. The number of hydrogen-bond donors (Lipinski definition) is 2. The van der Waals surface area contributed by atoms with Gasteiger partial charge in [-0.25, -0.2) is 9.48 Å². The van der Waals surface area contributed by atoms with Crippen molar-refractivity contribution in [2.24, 2.45) is 0 Å². The molecule has 0 saturated heterocycles. The molecule has 2 aromatic carbocycles. The number of nitrogens with one attached hydrogen (secondary N) is 1. The number of methoxy groups -OCH3 is 3. The lowest BCUT2D eigenvalue weighted by Crippen LogP contribution is -2.33. The van der Waals surface area contributed by atoms with Gasteiger partial charge in [-0.2, -0.15) is 10.1 Å². The SMILES string of the molecule is COc1cc([C@H]2CC(=O)C3=C(C2)Nc2ncnn2[C@@H]3c2ccc(OCC(=O)O)cc2)cc(OC)c1OC. The first-order chi connectivity index (χ1) is 17.9. The number of nitrogens with zero attached hydrogens (tertiary/aromatic N) is 3. The Bertz CT molecular complexity index is 1350. The molecule has 11 nitrogen and oxygen atoms in total. The molecule has 5 rings (SSSR count). The second kappa shape index (κ2) is 9.84. The van der Waals surface area contributed by atoms with Crippen LogP contribution in [0.25, 0.3) is 0 Å². The van der Waals surface area contributed by atoms with E-state index in [-0.39, 0.29) is 11.7 Å². The van der Waals surface area contributed by atoms with E-state index in [0.29, 0.717) is 47.4 Å². The minimum atomic E-state index is -1.06. The molecule has 0 spiro atoms. The molecule has 2 heterocycles. The molecular formula is C26H26N4O7. The van der Waals surface area contributed by atoms with E-state index in [2.05, 4.69) is 15.4 Å². The molecule has 2 aliphatic rings. The van der Waals surface area contributed by atoms with Gasteiger partial charge in [-0.3, -0.25) is 4.79 Å². The van der Waals surface area contributed by atoms with Crippen molar-refractivity contribution in [3.05, 3.63) is 65.1 Å². The fourth-order valence-corrected chi connectivity index (χ4v) is 4.92. The first kappa shape index (κ1) is 24.2. The largest absolute Gasteiger partial charge is 0.493 e. The summed E-state index contributed by atoms with van der Waals surface area (Å²) in [6, 6.07) is 10.3. The summed E-state index contributed by atoms with van der Waals surface area (Å²) < 4.78 is 23.4. The van der Waals surface area contributed by atoms with Gasteiger partial charge < -0.3 is 29.4 Å². The van der Waals surface area contributed by atoms with E-state index < -0.39 is 18.6 Å². The van der Waals surface area contributed by atoms with Crippen molar-refractivity contribution in [3.8, 4) is 23.0 Å². The van der Waals surface area contributed by atoms with Gasteiger partial charge in [0.2, 0.25) is 11.7 Å². The third kappa shape index (κ3) is 4.44. The maximum atomic E-state index is 13.7. The first-order valence-corrected chi connectivity index (χ1v) is 11.6. The number of ether oxygens (including phenoxy) is 4. The van der Waals surface area contributed by atoms with Crippen LogP contribution in [0, 0.1) is 0 Å². The quantitative estimate of drug-likeness (QED) is 0.469. The molecule has 2 N–H and O–H groups in total. The second-order valence-corrected chi connectivity index (χ2v) is 8.69. The number of aromatic nitrogens is 3. The Morgan fingerprint density at radius 3 is 2.38 bits per heavy atom. The molecule has 11 heteroatoms. The molecule has 1 aliphatic heterocycles. The van der Waals surface area contributed by atoms with E-state index >= 15 is 0 Å². The molecule has 0 unspecified atom stereocenters. The molecule has 0 saturated carbocycles. The van der Waals surface area contributed by atoms with Crippen molar-refractivity contribution in [2.45, 2.75) is 24.8 Å². The second-order valence-electron chi connectivity index (χ2n) is 8.69. The Hall–Kier alpha value is -4.54. The maximum Gasteiger partial charge on any atom is 0.341 e. The van der Waals surface area contributed by atoms with Crippen LogP contribution in [0.5, 0.6) is 23.0 Å². The van der Waals surface area contributed by atoms with Gasteiger partial charge in [0.1, 0.15) is 18.1 Å². The fourth-order valence-electron chi connectivity index (χ4n) is 4.92. The zero-order valence-corrected chi connectivity index (χ0v) is 20.6. The molecule has 1 aromatic heterocycles. The molecule has 2 atom stereocenters. The number of ketones is 1. The Balaban J connectivity index is 1.50. The highest BCUT2D eigenvalue weighted by Crippen LogP contribution is 2.47. The molecule has 1 aliphatic carbocycles. The Morgan fingerprint density at radius 1 is 1.05 bits per heavy atom. The van der Waals surface area contributed by atoms with Crippen molar-refractivity contribution in [3.63, 3.8) is 0 Å². The van der Waals surface area contributed by atoms with Gasteiger partial charge in [-0.05, 0) is 47.7 Å². The number of carboxylic acid groups (broad SMARTS) is 1. The molecule has 192 valence electrons. The van der Waals surface area contributed by atoms with Crippen molar-refractivity contribution in [2.75, 3.05) is 33.3 Å². The van der Waals surface area contributed by atoms with E-state index in [4.69, 9.17) is 24.1 Å². The van der Waals surface area contributed by atoms with Crippen LogP contribution < -0.4 is 24.3 Å². The number of rotatable bonds is 8. The normalized spacial score (nSPS) is 18.4. The number of hydrogen-bond acceptors (Lipinski definition) is 9. The first-order valence-electron chi connectivity index (χ1n) is 11.6. The van der Waals surface area contributed by atoms with Gasteiger partial charge in [0.15, 0.2) is 23.9 Å². The van der Waals surface area contributed by atoms with E-state index in [1.165, 1.54) is 6.33 Å². The van der Waals surface area contributed by atoms with Gasteiger partial charge in [0.05, 0.1) is 21.3 Å². The van der Waals surface area contributed by atoms with Crippen molar-refractivity contribution >= 4 is 17.7 Å². The summed E-state index contributed by atoms with van der Waals surface area (Å²) in [5.74, 6) is 1.33. The van der Waals surface area contributed by atoms with Crippen LogP contribution in [0.2, 0.25) is 0 Å². The summed E-state index contributed by atoms with van der Waals surface area (Å²) in [6.07, 6.45) is 2.31. The Morgan fingerprint density at radius 2 is 1.76 bits per heavy atom. The summed E-state index contributed by atoms with van der Waals surface area (Å²) in [6.45, 7) is -0.434. The highest BCUT2D eigenvalue weighted by molar-refractivity contribution is 6.00. The van der Waals surface area contributed by atoms with E-state index in [1.807, 2.05) is 24.3 Å². The van der Waals surface area contributed by atoms with Crippen LogP contribution >= 0.6 is 0 Å². The van der Waals surface area contributed by atoms with Gasteiger partial charge in [-0.1, -0.05) is 12.1 Å². The monoisotopic (exact) mass is 506 g/mol. The maximum absolute atomic E-state index is 13.7. The van der Waals surface area contributed by atoms with Crippen LogP contribution in [-0.4, -0.2) is 59.6 Å². The fraction of sp³-hybridized carbons (Fsp3) is 0.308. The average molecular weight is 507 g/mol. The van der Waals surface area contributed by atoms with Gasteiger partial charge in [-0.15, -0.1) is 0 Å². The number of benzene rings is 2. The number of carboxylic acids is 1. The highest BCUT2D eigenvalue weighted by Gasteiger charge is 2.39. The molecular weight excluding hydrogens is 480 g/mol.